The van der Waals surface area contributed by atoms with E-state index in [1.54, 1.807) is 0 Å². The van der Waals surface area contributed by atoms with Gasteiger partial charge in [-0.15, -0.1) is 0 Å². The largest absolute Gasteiger partial charge is 0.278 e. The van der Waals surface area contributed by atoms with Crippen molar-refractivity contribution in [2.24, 2.45) is 0 Å². The molecule has 0 amide bonds. The van der Waals surface area contributed by atoms with E-state index in [-0.39, 0.29) is 5.41 Å². The minimum atomic E-state index is -0.232. The van der Waals surface area contributed by atoms with Crippen LogP contribution in [0.25, 0.3) is 82.9 Å². The number of aromatic nitrogens is 3. The van der Waals surface area contributed by atoms with Crippen LogP contribution in [0.2, 0.25) is 0 Å². The van der Waals surface area contributed by atoms with Crippen LogP contribution in [0.5, 0.6) is 0 Å². The summed E-state index contributed by atoms with van der Waals surface area (Å²) >= 11 is 0. The van der Waals surface area contributed by atoms with Gasteiger partial charge in [-0.2, -0.15) is 0 Å². The molecule has 1 aliphatic rings. The standard InChI is InChI=1S/C45H31N3/c1-45(2)36-24-11-8-21-33(36)39-31-19-6-7-20-32(31)40-35-23-10-13-26-38(35)48(43(40)41(39)45)44-46-37-25-12-9-22-34(37)42(47-44)30-18-14-17-29(27-30)28-15-4-3-5-16-28/h3-27H,1-2H3. The van der Waals surface area contributed by atoms with E-state index in [2.05, 4.69) is 170 Å². The van der Waals surface area contributed by atoms with Crippen molar-refractivity contribution in [1.29, 1.82) is 0 Å². The third-order valence-electron chi connectivity index (χ3n) is 10.4. The van der Waals surface area contributed by atoms with Gasteiger partial charge in [-0.25, -0.2) is 9.97 Å². The normalized spacial score (nSPS) is 13.4. The van der Waals surface area contributed by atoms with E-state index in [0.717, 1.165) is 33.2 Å². The van der Waals surface area contributed by atoms with Crippen LogP contribution in [0, 0.1) is 0 Å². The minimum Gasteiger partial charge on any atom is -0.278 e. The summed E-state index contributed by atoms with van der Waals surface area (Å²) in [5, 5.41) is 6.05. The van der Waals surface area contributed by atoms with Gasteiger partial charge in [0.2, 0.25) is 5.95 Å². The highest BCUT2D eigenvalue weighted by molar-refractivity contribution is 6.26. The monoisotopic (exact) mass is 613 g/mol. The minimum absolute atomic E-state index is 0.232. The average molecular weight is 614 g/mol. The van der Waals surface area contributed by atoms with E-state index in [4.69, 9.17) is 9.97 Å². The van der Waals surface area contributed by atoms with Gasteiger partial charge in [-0.1, -0.05) is 147 Å². The van der Waals surface area contributed by atoms with Crippen LogP contribution in [-0.2, 0) is 5.41 Å². The first kappa shape index (κ1) is 27.1. The highest BCUT2D eigenvalue weighted by atomic mass is 15.2. The molecular weight excluding hydrogens is 583 g/mol. The molecule has 3 nitrogen and oxygen atoms in total. The number of hydrogen-bond acceptors (Lipinski definition) is 2. The Morgan fingerprint density at radius 2 is 1.17 bits per heavy atom. The maximum Gasteiger partial charge on any atom is 0.235 e. The molecule has 0 N–H and O–H groups in total. The molecule has 0 radical (unpaired) electrons. The molecule has 1 aliphatic carbocycles. The van der Waals surface area contributed by atoms with E-state index >= 15 is 0 Å². The summed E-state index contributed by atoms with van der Waals surface area (Å²) in [6, 6.07) is 54.3. The fraction of sp³-hybridized carbons (Fsp3) is 0.0667. The van der Waals surface area contributed by atoms with Gasteiger partial charge in [0.15, 0.2) is 0 Å². The molecule has 9 aromatic rings. The Bertz CT molecular complexity index is 2750. The van der Waals surface area contributed by atoms with Crippen molar-refractivity contribution in [2.45, 2.75) is 19.3 Å². The second-order valence-corrected chi connectivity index (χ2v) is 13.4. The molecule has 10 rings (SSSR count). The molecule has 0 fully saturated rings. The Morgan fingerprint density at radius 1 is 0.521 bits per heavy atom. The molecular formula is C45H31N3. The molecule has 3 heteroatoms. The fourth-order valence-electron chi connectivity index (χ4n) is 8.26. The molecule has 0 aliphatic heterocycles. The summed E-state index contributed by atoms with van der Waals surface area (Å²) in [5.74, 6) is 0.684. The summed E-state index contributed by atoms with van der Waals surface area (Å²) in [4.78, 5) is 10.8. The van der Waals surface area contributed by atoms with Gasteiger partial charge < -0.3 is 0 Å². The van der Waals surface area contributed by atoms with Crippen LogP contribution in [-0.4, -0.2) is 14.5 Å². The van der Waals surface area contributed by atoms with E-state index < -0.39 is 0 Å². The summed E-state index contributed by atoms with van der Waals surface area (Å²) in [6.45, 7) is 4.74. The fourth-order valence-corrected chi connectivity index (χ4v) is 8.26. The lowest BCUT2D eigenvalue weighted by Gasteiger charge is -2.24. The van der Waals surface area contributed by atoms with E-state index in [0.29, 0.717) is 5.95 Å². The van der Waals surface area contributed by atoms with Crippen molar-refractivity contribution in [3.05, 3.63) is 163 Å². The van der Waals surface area contributed by atoms with E-state index in [9.17, 15) is 0 Å². The molecule has 0 unspecified atom stereocenters. The van der Waals surface area contributed by atoms with Crippen molar-refractivity contribution in [3.8, 4) is 39.5 Å². The molecule has 48 heavy (non-hydrogen) atoms. The Hall–Kier alpha value is -6.06. The third kappa shape index (κ3) is 3.70. The summed E-state index contributed by atoms with van der Waals surface area (Å²) in [7, 11) is 0. The highest BCUT2D eigenvalue weighted by Crippen LogP contribution is 2.56. The van der Waals surface area contributed by atoms with Gasteiger partial charge in [-0.3, -0.25) is 4.57 Å². The molecule has 226 valence electrons. The van der Waals surface area contributed by atoms with Crippen molar-refractivity contribution in [2.75, 3.05) is 0 Å². The maximum atomic E-state index is 5.50. The number of benzene rings is 7. The van der Waals surface area contributed by atoms with Gasteiger partial charge >= 0.3 is 0 Å². The number of fused-ring (bicyclic) bond motifs is 11. The zero-order valence-corrected chi connectivity index (χ0v) is 26.8. The number of nitrogens with zero attached hydrogens (tertiary/aromatic N) is 3. The molecule has 2 aromatic heterocycles. The van der Waals surface area contributed by atoms with Crippen molar-refractivity contribution < 1.29 is 0 Å². The quantitative estimate of drug-likeness (QED) is 0.198. The third-order valence-corrected chi connectivity index (χ3v) is 10.4. The number of para-hydroxylation sites is 2. The van der Waals surface area contributed by atoms with Crippen molar-refractivity contribution >= 4 is 43.5 Å². The van der Waals surface area contributed by atoms with Crippen LogP contribution in [0.1, 0.15) is 25.0 Å². The van der Waals surface area contributed by atoms with Crippen LogP contribution < -0.4 is 0 Å². The first-order valence-corrected chi connectivity index (χ1v) is 16.6. The first-order chi connectivity index (χ1) is 23.6. The lowest BCUT2D eigenvalue weighted by Crippen LogP contribution is -2.17. The zero-order chi connectivity index (χ0) is 32.0. The van der Waals surface area contributed by atoms with Gasteiger partial charge in [0.25, 0.3) is 0 Å². The van der Waals surface area contributed by atoms with Gasteiger partial charge in [0.05, 0.1) is 22.2 Å². The Kier molecular flexibility index (Phi) is 5.63. The Labute approximate surface area is 278 Å². The van der Waals surface area contributed by atoms with Crippen LogP contribution in [0.4, 0.5) is 0 Å². The second-order valence-electron chi connectivity index (χ2n) is 13.4. The molecule has 0 saturated carbocycles. The van der Waals surface area contributed by atoms with E-state index in [1.807, 2.05) is 0 Å². The average Bonchev–Trinajstić information content (AvgIpc) is 3.61. The van der Waals surface area contributed by atoms with Gasteiger partial charge in [-0.05, 0) is 62.4 Å². The smallest absolute Gasteiger partial charge is 0.235 e. The van der Waals surface area contributed by atoms with Crippen LogP contribution >= 0.6 is 0 Å². The van der Waals surface area contributed by atoms with Gasteiger partial charge in [0.1, 0.15) is 0 Å². The summed E-state index contributed by atoms with van der Waals surface area (Å²) < 4.78 is 2.35. The van der Waals surface area contributed by atoms with Gasteiger partial charge in [0, 0.05) is 27.1 Å². The van der Waals surface area contributed by atoms with Crippen molar-refractivity contribution in [3.63, 3.8) is 0 Å². The molecule has 0 spiro atoms. The number of hydrogen-bond donors (Lipinski definition) is 0. The summed E-state index contributed by atoms with van der Waals surface area (Å²) in [5.41, 5.74) is 12.7. The van der Waals surface area contributed by atoms with Crippen LogP contribution in [0.15, 0.2) is 152 Å². The Morgan fingerprint density at radius 3 is 2.02 bits per heavy atom. The molecule has 0 atom stereocenters. The van der Waals surface area contributed by atoms with Crippen molar-refractivity contribution in [1.82, 2.24) is 14.5 Å². The van der Waals surface area contributed by atoms with Crippen LogP contribution in [0.3, 0.4) is 0 Å². The Balaban J connectivity index is 1.36. The predicted octanol–water partition coefficient (Wildman–Crippen LogP) is 11.5. The molecule has 7 aromatic carbocycles. The second kappa shape index (κ2) is 9.97. The highest BCUT2D eigenvalue weighted by Gasteiger charge is 2.40. The predicted molar refractivity (Wildman–Crippen MR) is 200 cm³/mol. The lowest BCUT2D eigenvalue weighted by molar-refractivity contribution is 0.664. The zero-order valence-electron chi connectivity index (χ0n) is 26.8. The SMILES string of the molecule is CC1(C)c2ccccc2-c2c1c1c(c3ccccc23)c2ccccc2n1-c1nc(-c2cccc(-c3ccccc3)c2)c2ccccc2n1. The summed E-state index contributed by atoms with van der Waals surface area (Å²) in [6.07, 6.45) is 0. The van der Waals surface area contributed by atoms with E-state index in [1.165, 1.54) is 54.9 Å². The topological polar surface area (TPSA) is 30.7 Å². The molecule has 2 heterocycles. The number of rotatable bonds is 3. The molecule has 0 saturated heterocycles. The first-order valence-electron chi connectivity index (χ1n) is 16.6. The molecule has 0 bridgehead atoms. The lowest BCUT2D eigenvalue weighted by atomic mass is 9.80. The maximum absolute atomic E-state index is 5.50.